The van der Waals surface area contributed by atoms with Crippen LogP contribution in [0.15, 0.2) is 60.9 Å². The number of aliphatic hydroxyl groups is 2. The Morgan fingerprint density at radius 1 is 1.13 bits per heavy atom. The van der Waals surface area contributed by atoms with Crippen molar-refractivity contribution in [1.29, 1.82) is 0 Å². The second-order valence-corrected chi connectivity index (χ2v) is 10.8. The van der Waals surface area contributed by atoms with Crippen LogP contribution in [0.2, 0.25) is 0 Å². The standard InChI is InChI=1S/C30H26FN5O3/c1-16(37)30-14-21(30)25(26(38)27(30)39)36-15-32-24-28(33-22-13-20(22)18-7-3-2-4-8-18)34-23(35-29(24)36)11-10-17-6-5-9-19(31)12-17/h2-9,12,15,20-22,25-27,38-39H,13-14H2,1H3,(H,33,34,35)/t20-,21?,22?,25+,26-,27?,30-/m0/s1. The van der Waals surface area contributed by atoms with Gasteiger partial charge in [-0.15, -0.1) is 0 Å². The van der Waals surface area contributed by atoms with Crippen molar-refractivity contribution in [3.05, 3.63) is 83.7 Å². The molecule has 3 fully saturated rings. The summed E-state index contributed by atoms with van der Waals surface area (Å²) in [6.45, 7) is 1.47. The molecule has 4 aromatic rings. The smallest absolute Gasteiger partial charge is 0.209 e. The van der Waals surface area contributed by atoms with Crippen molar-refractivity contribution in [2.24, 2.45) is 11.3 Å². The van der Waals surface area contributed by atoms with E-state index in [1.807, 2.05) is 18.2 Å². The second-order valence-electron chi connectivity index (χ2n) is 10.8. The van der Waals surface area contributed by atoms with Gasteiger partial charge in [0.15, 0.2) is 17.0 Å². The molecule has 9 heteroatoms. The molecule has 0 spiro atoms. The normalized spacial score (nSPS) is 30.4. The van der Waals surface area contributed by atoms with Gasteiger partial charge in [0.05, 0.1) is 23.9 Å². The number of aliphatic hydroxyl groups excluding tert-OH is 2. The van der Waals surface area contributed by atoms with Crippen LogP contribution in [-0.4, -0.2) is 53.8 Å². The molecule has 0 radical (unpaired) electrons. The molecule has 3 N–H and O–H groups in total. The average Bonchev–Trinajstić information content (AvgIpc) is 3.81. The Bertz CT molecular complexity index is 1680. The number of hydrogen-bond acceptors (Lipinski definition) is 7. The summed E-state index contributed by atoms with van der Waals surface area (Å²) in [5.74, 6) is 6.24. The fourth-order valence-corrected chi connectivity index (χ4v) is 6.36. The van der Waals surface area contributed by atoms with E-state index in [4.69, 9.17) is 0 Å². The zero-order valence-corrected chi connectivity index (χ0v) is 21.1. The molecule has 3 aliphatic rings. The van der Waals surface area contributed by atoms with E-state index in [2.05, 4.69) is 44.2 Å². The molecule has 7 rings (SSSR count). The number of nitrogens with zero attached hydrogens (tertiary/aromatic N) is 4. The van der Waals surface area contributed by atoms with E-state index in [0.717, 1.165) is 6.42 Å². The molecule has 3 saturated carbocycles. The van der Waals surface area contributed by atoms with Gasteiger partial charge >= 0.3 is 0 Å². The Labute approximate surface area is 223 Å². The van der Waals surface area contributed by atoms with Gasteiger partial charge in [0.1, 0.15) is 17.7 Å². The number of anilines is 1. The highest BCUT2D eigenvalue weighted by molar-refractivity contribution is 5.88. The topological polar surface area (TPSA) is 113 Å². The molecule has 0 amide bonds. The third kappa shape index (κ3) is 3.82. The SMILES string of the molecule is CC(=O)[C@@]12CC1[C@@H](n1cnc3c(NC4C[C@H]4c4ccccc4)nc(C#Cc4cccc(F)c4)nc31)[C@H](O)C2O. The van der Waals surface area contributed by atoms with Crippen LogP contribution in [0.1, 0.15) is 48.7 Å². The van der Waals surface area contributed by atoms with Crippen LogP contribution in [-0.2, 0) is 4.79 Å². The summed E-state index contributed by atoms with van der Waals surface area (Å²) in [4.78, 5) is 26.3. The van der Waals surface area contributed by atoms with Gasteiger partial charge in [-0.3, -0.25) is 4.79 Å². The molecule has 2 aromatic carbocycles. The van der Waals surface area contributed by atoms with Gasteiger partial charge in [0, 0.05) is 17.5 Å². The van der Waals surface area contributed by atoms with Crippen LogP contribution in [0.5, 0.6) is 0 Å². The molecule has 3 aliphatic carbocycles. The number of ketones is 1. The third-order valence-electron chi connectivity index (χ3n) is 8.55. The number of nitrogens with one attached hydrogen (secondary N) is 1. The van der Waals surface area contributed by atoms with E-state index in [-0.39, 0.29) is 29.4 Å². The van der Waals surface area contributed by atoms with Crippen LogP contribution in [0.4, 0.5) is 10.2 Å². The molecule has 2 aromatic heterocycles. The zero-order valence-electron chi connectivity index (χ0n) is 21.1. The van der Waals surface area contributed by atoms with Gasteiger partial charge in [-0.2, -0.15) is 0 Å². The Morgan fingerprint density at radius 3 is 2.69 bits per heavy atom. The number of carbonyl (C=O) groups excluding carboxylic acids is 1. The molecule has 0 bridgehead atoms. The van der Waals surface area contributed by atoms with Crippen molar-refractivity contribution in [3.63, 3.8) is 0 Å². The molecular weight excluding hydrogens is 497 g/mol. The first-order valence-electron chi connectivity index (χ1n) is 13.1. The van der Waals surface area contributed by atoms with Crippen LogP contribution in [0, 0.1) is 29.0 Å². The quantitative estimate of drug-likeness (QED) is 0.344. The summed E-state index contributed by atoms with van der Waals surface area (Å²) in [7, 11) is 0. The minimum Gasteiger partial charge on any atom is -0.389 e. The fraction of sp³-hybridized carbons (Fsp3) is 0.333. The highest BCUT2D eigenvalue weighted by Crippen LogP contribution is 2.68. The van der Waals surface area contributed by atoms with Gasteiger partial charge in [-0.1, -0.05) is 42.3 Å². The Kier molecular flexibility index (Phi) is 5.34. The van der Waals surface area contributed by atoms with Gasteiger partial charge in [-0.05, 0) is 55.4 Å². The monoisotopic (exact) mass is 523 g/mol. The number of carbonyl (C=O) groups is 1. The number of halogens is 1. The van der Waals surface area contributed by atoms with E-state index in [0.29, 0.717) is 34.9 Å². The lowest BCUT2D eigenvalue weighted by Crippen LogP contribution is -2.36. The van der Waals surface area contributed by atoms with Gasteiger partial charge in [0.25, 0.3) is 0 Å². The molecule has 3 unspecified atom stereocenters. The highest BCUT2D eigenvalue weighted by atomic mass is 19.1. The largest absolute Gasteiger partial charge is 0.389 e. The number of Topliss-reactive ketones (excluding diaryl/α,β-unsaturated/α-hetero) is 1. The van der Waals surface area contributed by atoms with Gasteiger partial charge in [-0.25, -0.2) is 19.3 Å². The maximum atomic E-state index is 13.7. The number of aromatic nitrogens is 4. The molecule has 7 atom stereocenters. The van der Waals surface area contributed by atoms with Crippen molar-refractivity contribution in [2.75, 3.05) is 5.32 Å². The summed E-state index contributed by atoms with van der Waals surface area (Å²) in [5, 5.41) is 25.2. The Hall–Kier alpha value is -4.13. The first kappa shape index (κ1) is 23.9. The minimum absolute atomic E-state index is 0.120. The van der Waals surface area contributed by atoms with E-state index < -0.39 is 23.7 Å². The summed E-state index contributed by atoms with van der Waals surface area (Å²) in [6.07, 6.45) is 0.757. The molecule has 8 nitrogen and oxygen atoms in total. The van der Waals surface area contributed by atoms with Crippen molar-refractivity contribution in [1.82, 2.24) is 19.5 Å². The van der Waals surface area contributed by atoms with Crippen molar-refractivity contribution < 1.29 is 19.4 Å². The lowest BCUT2D eigenvalue weighted by atomic mass is 9.95. The maximum Gasteiger partial charge on any atom is 0.209 e. The molecule has 2 heterocycles. The number of fused-ring (bicyclic) bond motifs is 2. The average molecular weight is 524 g/mol. The van der Waals surface area contributed by atoms with E-state index >= 15 is 0 Å². The predicted molar refractivity (Wildman–Crippen MR) is 141 cm³/mol. The third-order valence-corrected chi connectivity index (χ3v) is 8.55. The van der Waals surface area contributed by atoms with Gasteiger partial charge in [0.2, 0.25) is 5.82 Å². The first-order chi connectivity index (χ1) is 18.9. The summed E-state index contributed by atoms with van der Waals surface area (Å²) >= 11 is 0. The van der Waals surface area contributed by atoms with Crippen LogP contribution in [0.25, 0.3) is 11.2 Å². The Balaban J connectivity index is 1.29. The van der Waals surface area contributed by atoms with Crippen molar-refractivity contribution >= 4 is 22.8 Å². The minimum atomic E-state index is -1.15. The summed E-state index contributed by atoms with van der Waals surface area (Å²) in [5.41, 5.74) is 1.79. The van der Waals surface area contributed by atoms with Crippen LogP contribution < -0.4 is 5.32 Å². The zero-order chi connectivity index (χ0) is 26.9. The first-order valence-corrected chi connectivity index (χ1v) is 13.1. The predicted octanol–water partition coefficient (Wildman–Crippen LogP) is 3.21. The van der Waals surface area contributed by atoms with E-state index in [1.54, 1.807) is 23.0 Å². The number of hydrogen-bond donors (Lipinski definition) is 3. The van der Waals surface area contributed by atoms with E-state index in [1.165, 1.54) is 24.6 Å². The molecule has 39 heavy (non-hydrogen) atoms. The maximum absolute atomic E-state index is 13.7. The molecule has 0 aliphatic heterocycles. The lowest BCUT2D eigenvalue weighted by molar-refractivity contribution is -0.128. The number of imidazole rings is 1. The van der Waals surface area contributed by atoms with Crippen LogP contribution in [0.3, 0.4) is 0 Å². The van der Waals surface area contributed by atoms with E-state index in [9.17, 15) is 19.4 Å². The Morgan fingerprint density at radius 2 is 1.95 bits per heavy atom. The van der Waals surface area contributed by atoms with Crippen molar-refractivity contribution in [3.8, 4) is 11.8 Å². The molecular formula is C30H26FN5O3. The van der Waals surface area contributed by atoms with Gasteiger partial charge < -0.3 is 20.1 Å². The fourth-order valence-electron chi connectivity index (χ4n) is 6.36. The summed E-state index contributed by atoms with van der Waals surface area (Å²) in [6, 6.07) is 15.8. The molecule has 196 valence electrons. The number of rotatable bonds is 5. The summed E-state index contributed by atoms with van der Waals surface area (Å²) < 4.78 is 15.4. The second kappa shape index (κ2) is 8.70. The lowest BCUT2D eigenvalue weighted by Gasteiger charge is -2.23. The number of benzene rings is 2. The van der Waals surface area contributed by atoms with Crippen molar-refractivity contribution in [2.45, 2.75) is 50.0 Å². The van der Waals surface area contributed by atoms with Crippen LogP contribution >= 0.6 is 0 Å². The molecule has 0 saturated heterocycles. The highest BCUT2D eigenvalue weighted by Gasteiger charge is 2.74.